The van der Waals surface area contributed by atoms with Gasteiger partial charge in [0.05, 0.1) is 0 Å². The number of aromatic hydroxyl groups is 2. The molecule has 0 saturated heterocycles. The van der Waals surface area contributed by atoms with Crippen LogP contribution in [0.5, 0.6) is 11.5 Å². The maximum atomic E-state index is 11.1. The average Bonchev–Trinajstić information content (AvgIpc) is 2.53. The van der Waals surface area contributed by atoms with Gasteiger partial charge < -0.3 is 0 Å². The van der Waals surface area contributed by atoms with Crippen LogP contribution in [0.2, 0.25) is 0 Å². The van der Waals surface area contributed by atoms with Crippen LogP contribution in [0.1, 0.15) is 105 Å². The van der Waals surface area contributed by atoms with Crippen LogP contribution in [0.4, 0.5) is 0 Å². The Kier molecular flexibility index (Phi) is 7.00. The molecule has 0 atom stereocenters. The standard InChI is InChI=1S/2C14H21O.Sn/c2*1-13(2,3)10-8-7-9-11(12(10)15)14(4,5)6;/h2*8-9,15H,1-6H3;/q;;+2. The SMILES string of the molecule is CC(C)(C)c1c[c]([Sn+2][c]2cc(C(C)(C)C)c(O)c(C(C)(C)C)c2)cc(C(C)(C)C)c1O. The molecule has 2 N–H and O–H groups in total. The van der Waals surface area contributed by atoms with E-state index in [-0.39, 0.29) is 21.7 Å². The van der Waals surface area contributed by atoms with E-state index in [1.165, 1.54) is 7.16 Å². The van der Waals surface area contributed by atoms with Crippen LogP contribution in [0.25, 0.3) is 0 Å². The molecular formula is C28H42O2Sn+2. The second-order valence-electron chi connectivity index (χ2n) is 13.0. The molecule has 31 heavy (non-hydrogen) atoms. The number of hydrogen-bond acceptors (Lipinski definition) is 2. The van der Waals surface area contributed by atoms with E-state index in [4.69, 9.17) is 0 Å². The first kappa shape index (κ1) is 26.1. The zero-order valence-electron chi connectivity index (χ0n) is 21.7. The summed E-state index contributed by atoms with van der Waals surface area (Å²) < 4.78 is 2.73. The van der Waals surface area contributed by atoms with Crippen molar-refractivity contribution in [3.8, 4) is 11.5 Å². The quantitative estimate of drug-likeness (QED) is 0.473. The van der Waals surface area contributed by atoms with Crippen LogP contribution >= 0.6 is 0 Å². The van der Waals surface area contributed by atoms with E-state index in [2.05, 4.69) is 107 Å². The molecule has 0 saturated carbocycles. The molecule has 2 nitrogen and oxygen atoms in total. The Morgan fingerprint density at radius 1 is 0.452 bits per heavy atom. The summed E-state index contributed by atoms with van der Waals surface area (Å²) in [5, 5.41) is 22.1. The Balaban J connectivity index is 2.73. The Bertz CT molecular complexity index is 809. The summed E-state index contributed by atoms with van der Waals surface area (Å²) in [5.41, 5.74) is 3.62. The monoisotopic (exact) mass is 530 g/mol. The van der Waals surface area contributed by atoms with Crippen LogP contribution in [0.15, 0.2) is 24.3 Å². The van der Waals surface area contributed by atoms with E-state index in [0.29, 0.717) is 11.5 Å². The fourth-order valence-corrected chi connectivity index (χ4v) is 7.29. The summed E-state index contributed by atoms with van der Waals surface area (Å²) >= 11 is -1.16. The summed E-state index contributed by atoms with van der Waals surface area (Å²) in [5.74, 6) is 0.888. The molecule has 0 unspecified atom stereocenters. The van der Waals surface area contributed by atoms with E-state index < -0.39 is 21.1 Å². The first-order valence-corrected chi connectivity index (χ1v) is 14.1. The number of benzene rings is 2. The predicted molar refractivity (Wildman–Crippen MR) is 136 cm³/mol. The van der Waals surface area contributed by atoms with Gasteiger partial charge in [0.15, 0.2) is 0 Å². The minimum absolute atomic E-state index is 0.123. The van der Waals surface area contributed by atoms with E-state index >= 15 is 0 Å². The molecular weight excluding hydrogens is 487 g/mol. The molecule has 2 aromatic carbocycles. The van der Waals surface area contributed by atoms with E-state index in [1.54, 1.807) is 0 Å². The van der Waals surface area contributed by atoms with Crippen LogP contribution in [-0.2, 0) is 21.7 Å². The third-order valence-electron chi connectivity index (χ3n) is 5.74. The Morgan fingerprint density at radius 2 is 0.645 bits per heavy atom. The molecule has 2 rings (SSSR count). The molecule has 0 spiro atoms. The summed E-state index contributed by atoms with van der Waals surface area (Å²) in [4.78, 5) is 0. The van der Waals surface area contributed by atoms with Gasteiger partial charge in [-0.1, -0.05) is 0 Å². The third kappa shape index (κ3) is 6.00. The first-order valence-electron chi connectivity index (χ1n) is 11.3. The van der Waals surface area contributed by atoms with Crippen LogP contribution in [0, 0.1) is 0 Å². The van der Waals surface area contributed by atoms with Crippen molar-refractivity contribution in [3.63, 3.8) is 0 Å². The topological polar surface area (TPSA) is 40.5 Å². The van der Waals surface area contributed by atoms with Crippen molar-refractivity contribution < 1.29 is 10.2 Å². The van der Waals surface area contributed by atoms with Gasteiger partial charge in [-0.3, -0.25) is 0 Å². The van der Waals surface area contributed by atoms with E-state index in [1.807, 2.05) is 0 Å². The van der Waals surface area contributed by atoms with Crippen LogP contribution < -0.4 is 7.16 Å². The van der Waals surface area contributed by atoms with Gasteiger partial charge in [-0.15, -0.1) is 0 Å². The van der Waals surface area contributed by atoms with E-state index in [9.17, 15) is 10.2 Å². The fourth-order valence-electron chi connectivity index (χ4n) is 3.87. The summed E-state index contributed by atoms with van der Waals surface area (Å²) in [7, 11) is 0. The van der Waals surface area contributed by atoms with Crippen molar-refractivity contribution >= 4 is 28.3 Å². The zero-order chi connectivity index (χ0) is 24.2. The van der Waals surface area contributed by atoms with Gasteiger partial charge in [-0.2, -0.15) is 0 Å². The molecule has 0 aliphatic carbocycles. The van der Waals surface area contributed by atoms with Crippen LogP contribution in [0.3, 0.4) is 0 Å². The second-order valence-corrected chi connectivity index (χ2v) is 17.0. The minimum atomic E-state index is -1.16. The van der Waals surface area contributed by atoms with Crippen molar-refractivity contribution in [2.45, 2.75) is 105 Å². The third-order valence-corrected chi connectivity index (χ3v) is 9.04. The predicted octanol–water partition coefficient (Wildman–Crippen LogP) is 5.94. The molecule has 0 fully saturated rings. The maximum absolute atomic E-state index is 11.1. The van der Waals surface area contributed by atoms with Gasteiger partial charge in [0.1, 0.15) is 0 Å². The van der Waals surface area contributed by atoms with Crippen LogP contribution in [-0.4, -0.2) is 31.4 Å². The van der Waals surface area contributed by atoms with Crippen molar-refractivity contribution in [2.75, 3.05) is 0 Å². The van der Waals surface area contributed by atoms with Gasteiger partial charge in [0.2, 0.25) is 0 Å². The number of hydrogen-bond donors (Lipinski definition) is 2. The zero-order valence-corrected chi connectivity index (χ0v) is 24.6. The molecule has 0 aliphatic rings. The van der Waals surface area contributed by atoms with E-state index in [0.717, 1.165) is 22.3 Å². The number of phenols is 2. The summed E-state index contributed by atoms with van der Waals surface area (Å²) in [6.45, 7) is 26.0. The first-order chi connectivity index (χ1) is 13.7. The molecule has 0 aromatic heterocycles. The van der Waals surface area contributed by atoms with Crippen molar-refractivity contribution in [3.05, 3.63) is 46.5 Å². The van der Waals surface area contributed by atoms with Gasteiger partial charge in [0, 0.05) is 0 Å². The Labute approximate surface area is 200 Å². The molecule has 0 bridgehead atoms. The van der Waals surface area contributed by atoms with Crippen molar-refractivity contribution in [2.24, 2.45) is 0 Å². The number of phenolic OH excluding ortho intramolecular Hbond substituents is 2. The number of rotatable bonds is 2. The molecule has 0 radical (unpaired) electrons. The normalized spacial score (nSPS) is 13.3. The Morgan fingerprint density at radius 3 is 0.806 bits per heavy atom. The fraction of sp³-hybridized carbons (Fsp3) is 0.571. The second kappa shape index (κ2) is 8.32. The van der Waals surface area contributed by atoms with Crippen molar-refractivity contribution in [1.29, 1.82) is 0 Å². The molecule has 2 aromatic rings. The van der Waals surface area contributed by atoms with Gasteiger partial charge in [-0.05, 0) is 0 Å². The Hall–Kier alpha value is -1.16. The van der Waals surface area contributed by atoms with Gasteiger partial charge >= 0.3 is 201 Å². The average molecular weight is 529 g/mol. The molecule has 0 heterocycles. The molecule has 0 aliphatic heterocycles. The summed E-state index contributed by atoms with van der Waals surface area (Å²) in [6, 6.07) is 8.93. The van der Waals surface area contributed by atoms with Gasteiger partial charge in [0.25, 0.3) is 0 Å². The van der Waals surface area contributed by atoms with Gasteiger partial charge in [-0.25, -0.2) is 0 Å². The molecule has 3 heteroatoms. The molecule has 168 valence electrons. The van der Waals surface area contributed by atoms with Crippen molar-refractivity contribution in [1.82, 2.24) is 0 Å². The molecule has 0 amide bonds. The summed E-state index contributed by atoms with van der Waals surface area (Å²) in [6.07, 6.45) is 0.